The van der Waals surface area contributed by atoms with Crippen LogP contribution in [0, 0.1) is 0 Å². The number of nitrogens with zero attached hydrogens (tertiary/aromatic N) is 7. The van der Waals surface area contributed by atoms with Gasteiger partial charge < -0.3 is 4.52 Å². The average Bonchev–Trinajstić information content (AvgIpc) is 3.39. The van der Waals surface area contributed by atoms with Crippen LogP contribution in [0.4, 0.5) is 0 Å². The number of aromatic nitrogens is 6. The monoisotopic (exact) mass is 381 g/mol. The molecule has 5 rings (SSSR count). The summed E-state index contributed by atoms with van der Waals surface area (Å²) < 4.78 is 8.79. The molecule has 28 heavy (non-hydrogen) atoms. The Balaban J connectivity index is 1.30. The van der Waals surface area contributed by atoms with Gasteiger partial charge in [-0.25, -0.2) is 9.67 Å². The lowest BCUT2D eigenvalue weighted by molar-refractivity contribution is 0.208. The van der Waals surface area contributed by atoms with E-state index >= 15 is 0 Å². The third-order valence-corrected chi connectivity index (χ3v) is 5.79. The second-order valence-electron chi connectivity index (χ2n) is 7.63. The van der Waals surface area contributed by atoms with E-state index in [0.29, 0.717) is 24.8 Å². The fourth-order valence-electron chi connectivity index (χ4n) is 3.95. The van der Waals surface area contributed by atoms with E-state index in [1.54, 1.807) is 33.9 Å². The highest BCUT2D eigenvalue weighted by Crippen LogP contribution is 2.35. The molecule has 9 nitrogen and oxygen atoms in total. The van der Waals surface area contributed by atoms with Crippen LogP contribution in [0.1, 0.15) is 49.7 Å². The molecule has 146 valence electrons. The van der Waals surface area contributed by atoms with Gasteiger partial charge in [0.15, 0.2) is 11.6 Å². The Bertz CT molecular complexity index is 990. The number of hydrogen-bond donors (Lipinski definition) is 0. The summed E-state index contributed by atoms with van der Waals surface area (Å²) in [6, 6.07) is 3.51. The second-order valence-corrected chi connectivity index (χ2v) is 7.63. The van der Waals surface area contributed by atoms with Gasteiger partial charge in [-0.2, -0.15) is 10.1 Å². The SMILES string of the molecule is O=c1ccc(-n2ccnc2)nn1CC1CCCN1Cc1noc(C2CCC2)n1. The molecule has 1 aliphatic heterocycles. The van der Waals surface area contributed by atoms with Gasteiger partial charge in [0.1, 0.15) is 6.33 Å². The molecule has 0 N–H and O–H groups in total. The van der Waals surface area contributed by atoms with E-state index in [-0.39, 0.29) is 11.6 Å². The number of likely N-dealkylation sites (tertiary alicyclic amines) is 1. The Kier molecular flexibility index (Phi) is 4.52. The van der Waals surface area contributed by atoms with Crippen molar-refractivity contribution in [1.29, 1.82) is 0 Å². The Hall–Kier alpha value is -2.81. The van der Waals surface area contributed by atoms with E-state index in [0.717, 1.165) is 43.9 Å². The van der Waals surface area contributed by atoms with Crippen molar-refractivity contribution >= 4 is 0 Å². The van der Waals surface area contributed by atoms with Crippen molar-refractivity contribution in [3.8, 4) is 5.82 Å². The molecule has 0 radical (unpaired) electrons. The van der Waals surface area contributed by atoms with Gasteiger partial charge in [0.2, 0.25) is 5.89 Å². The first-order chi connectivity index (χ1) is 13.8. The Morgan fingerprint density at radius 2 is 2.11 bits per heavy atom. The summed E-state index contributed by atoms with van der Waals surface area (Å²) in [6.07, 6.45) is 10.8. The van der Waals surface area contributed by atoms with Crippen molar-refractivity contribution in [2.24, 2.45) is 0 Å². The number of imidazole rings is 1. The van der Waals surface area contributed by atoms with E-state index in [9.17, 15) is 4.79 Å². The fraction of sp³-hybridized carbons (Fsp3) is 0.526. The van der Waals surface area contributed by atoms with E-state index < -0.39 is 0 Å². The lowest BCUT2D eigenvalue weighted by Crippen LogP contribution is -2.37. The summed E-state index contributed by atoms with van der Waals surface area (Å²) in [5.41, 5.74) is -0.0949. The molecular weight excluding hydrogens is 358 g/mol. The molecule has 1 aliphatic carbocycles. The van der Waals surface area contributed by atoms with Gasteiger partial charge in [-0.3, -0.25) is 14.3 Å². The summed E-state index contributed by atoms with van der Waals surface area (Å²) >= 11 is 0. The molecule has 9 heteroatoms. The average molecular weight is 381 g/mol. The van der Waals surface area contributed by atoms with E-state index in [1.165, 1.54) is 6.42 Å². The highest BCUT2D eigenvalue weighted by Gasteiger charge is 2.29. The Morgan fingerprint density at radius 1 is 1.18 bits per heavy atom. The van der Waals surface area contributed by atoms with Gasteiger partial charge in [0.05, 0.1) is 13.1 Å². The van der Waals surface area contributed by atoms with Crippen LogP contribution in [0.5, 0.6) is 0 Å². The smallest absolute Gasteiger partial charge is 0.266 e. The zero-order chi connectivity index (χ0) is 18.9. The maximum absolute atomic E-state index is 12.3. The predicted octanol–water partition coefficient (Wildman–Crippen LogP) is 1.74. The number of rotatable bonds is 6. The second kappa shape index (κ2) is 7.31. The van der Waals surface area contributed by atoms with Crippen molar-refractivity contribution < 1.29 is 4.52 Å². The topological polar surface area (TPSA) is 94.9 Å². The minimum absolute atomic E-state index is 0.0949. The van der Waals surface area contributed by atoms with Gasteiger partial charge in [0.25, 0.3) is 5.56 Å². The Morgan fingerprint density at radius 3 is 2.89 bits per heavy atom. The molecule has 0 aromatic carbocycles. The molecule has 3 aromatic rings. The molecule has 1 saturated heterocycles. The van der Waals surface area contributed by atoms with E-state index in [2.05, 4.69) is 25.1 Å². The molecular formula is C19H23N7O2. The Labute approximate surface area is 162 Å². The van der Waals surface area contributed by atoms with Crippen LogP contribution in [0.2, 0.25) is 0 Å². The molecule has 2 aliphatic rings. The van der Waals surface area contributed by atoms with Crippen LogP contribution in [-0.4, -0.2) is 47.0 Å². The molecule has 1 atom stereocenters. The quantitative estimate of drug-likeness (QED) is 0.642. The summed E-state index contributed by atoms with van der Waals surface area (Å²) in [4.78, 5) is 23.3. The number of hydrogen-bond acceptors (Lipinski definition) is 7. The summed E-state index contributed by atoms with van der Waals surface area (Å²) in [6.45, 7) is 2.17. The maximum atomic E-state index is 12.3. The zero-order valence-electron chi connectivity index (χ0n) is 15.6. The summed E-state index contributed by atoms with van der Waals surface area (Å²) in [7, 11) is 0. The van der Waals surface area contributed by atoms with Crippen LogP contribution in [0.25, 0.3) is 5.82 Å². The maximum Gasteiger partial charge on any atom is 0.266 e. The normalized spacial score (nSPS) is 20.5. The molecule has 3 aromatic heterocycles. The van der Waals surface area contributed by atoms with Gasteiger partial charge in [-0.1, -0.05) is 11.6 Å². The highest BCUT2D eigenvalue weighted by atomic mass is 16.5. The van der Waals surface area contributed by atoms with Crippen LogP contribution in [0.3, 0.4) is 0 Å². The largest absolute Gasteiger partial charge is 0.339 e. The standard InChI is InChI=1S/C19H23N7O2/c27-18-7-6-17(25-10-8-20-13-25)22-26(18)11-15-5-2-9-24(15)12-16-21-19(28-23-16)14-3-1-4-14/h6-8,10,13-15H,1-5,9,11-12H2. The summed E-state index contributed by atoms with van der Waals surface area (Å²) in [5.74, 6) is 2.65. The first-order valence-corrected chi connectivity index (χ1v) is 9.89. The molecule has 1 unspecified atom stereocenters. The van der Waals surface area contributed by atoms with Crippen molar-refractivity contribution in [2.75, 3.05) is 6.54 Å². The molecule has 1 saturated carbocycles. The third kappa shape index (κ3) is 3.37. The van der Waals surface area contributed by atoms with Crippen LogP contribution < -0.4 is 5.56 Å². The zero-order valence-corrected chi connectivity index (χ0v) is 15.6. The first kappa shape index (κ1) is 17.3. The van der Waals surface area contributed by atoms with E-state index in [1.807, 2.05) is 6.20 Å². The first-order valence-electron chi connectivity index (χ1n) is 9.89. The van der Waals surface area contributed by atoms with Gasteiger partial charge in [0, 0.05) is 30.4 Å². The van der Waals surface area contributed by atoms with Crippen molar-refractivity contribution in [1.82, 2.24) is 34.4 Å². The van der Waals surface area contributed by atoms with E-state index in [4.69, 9.17) is 4.52 Å². The van der Waals surface area contributed by atoms with Crippen molar-refractivity contribution in [2.45, 2.75) is 57.2 Å². The van der Waals surface area contributed by atoms with Crippen LogP contribution >= 0.6 is 0 Å². The van der Waals surface area contributed by atoms with Gasteiger partial charge in [-0.05, 0) is 38.3 Å². The minimum atomic E-state index is -0.0949. The highest BCUT2D eigenvalue weighted by molar-refractivity contribution is 5.19. The lowest BCUT2D eigenvalue weighted by Gasteiger charge is -2.23. The molecule has 0 amide bonds. The van der Waals surface area contributed by atoms with Crippen LogP contribution in [0.15, 0.2) is 40.2 Å². The third-order valence-electron chi connectivity index (χ3n) is 5.79. The molecule has 4 heterocycles. The molecule has 0 bridgehead atoms. The minimum Gasteiger partial charge on any atom is -0.339 e. The lowest BCUT2D eigenvalue weighted by atomic mass is 9.85. The predicted molar refractivity (Wildman–Crippen MR) is 99.9 cm³/mol. The van der Waals surface area contributed by atoms with Gasteiger partial charge in [-0.15, -0.1) is 0 Å². The van der Waals surface area contributed by atoms with Crippen molar-refractivity contribution in [3.05, 3.63) is 52.9 Å². The molecule has 0 spiro atoms. The van der Waals surface area contributed by atoms with Gasteiger partial charge >= 0.3 is 0 Å². The van der Waals surface area contributed by atoms with Crippen molar-refractivity contribution in [3.63, 3.8) is 0 Å². The molecule has 2 fully saturated rings. The fourth-order valence-corrected chi connectivity index (χ4v) is 3.95. The summed E-state index contributed by atoms with van der Waals surface area (Å²) in [5, 5.41) is 8.68. The van der Waals surface area contributed by atoms with Crippen LogP contribution in [-0.2, 0) is 13.1 Å².